The maximum atomic E-state index is 13.2. The minimum atomic E-state index is -4.47. The van der Waals surface area contributed by atoms with E-state index in [1.54, 1.807) is 35.6 Å². The van der Waals surface area contributed by atoms with Crippen LogP contribution in [0.3, 0.4) is 0 Å². The zero-order valence-corrected chi connectivity index (χ0v) is 21.2. The average Bonchev–Trinajstić information content (AvgIpc) is 3.31. The summed E-state index contributed by atoms with van der Waals surface area (Å²) in [5.74, 6) is 0.794. The van der Waals surface area contributed by atoms with Crippen molar-refractivity contribution in [3.63, 3.8) is 0 Å². The first-order valence-corrected chi connectivity index (χ1v) is 12.2. The standard InChI is InChI=1S/C27H27F3N6O2/c1-26(2,3)38-25(37)35-10-8-34(9-11-35)23-6-4-18(14-32-23)22-16-33-24-7-5-19(17-36(22)24)20-12-21(15-31-13-20)27(28,29)30/h4-7,12-17H,8-11H2,1-3H3. The lowest BCUT2D eigenvalue weighted by Crippen LogP contribution is -2.50. The summed E-state index contributed by atoms with van der Waals surface area (Å²) in [6.45, 7) is 7.89. The Morgan fingerprint density at radius 1 is 0.868 bits per heavy atom. The van der Waals surface area contributed by atoms with Crippen molar-refractivity contribution in [2.24, 2.45) is 0 Å². The lowest BCUT2D eigenvalue weighted by molar-refractivity contribution is -0.137. The van der Waals surface area contributed by atoms with Crippen molar-refractivity contribution in [3.8, 4) is 22.4 Å². The van der Waals surface area contributed by atoms with Crippen LogP contribution < -0.4 is 4.90 Å². The van der Waals surface area contributed by atoms with Gasteiger partial charge in [-0.05, 0) is 51.1 Å². The second-order valence-electron chi connectivity index (χ2n) is 10.1. The van der Waals surface area contributed by atoms with Crippen LogP contribution in [-0.4, -0.2) is 62.1 Å². The highest BCUT2D eigenvalue weighted by atomic mass is 19.4. The number of ether oxygens (including phenoxy) is 1. The minimum Gasteiger partial charge on any atom is -0.444 e. The molecule has 0 N–H and O–H groups in total. The Bertz CT molecular complexity index is 1450. The number of hydrogen-bond acceptors (Lipinski definition) is 6. The molecule has 0 unspecified atom stereocenters. The van der Waals surface area contributed by atoms with E-state index < -0.39 is 17.3 Å². The summed E-state index contributed by atoms with van der Waals surface area (Å²) in [5, 5.41) is 0. The van der Waals surface area contributed by atoms with Crippen molar-refractivity contribution >= 4 is 17.6 Å². The van der Waals surface area contributed by atoms with Crippen molar-refractivity contribution in [3.05, 3.63) is 66.9 Å². The molecule has 1 aliphatic heterocycles. The molecule has 11 heteroatoms. The molecule has 0 bridgehead atoms. The van der Waals surface area contributed by atoms with Crippen LogP contribution in [0.4, 0.5) is 23.8 Å². The van der Waals surface area contributed by atoms with Crippen molar-refractivity contribution < 1.29 is 22.7 Å². The Labute approximate surface area is 217 Å². The largest absolute Gasteiger partial charge is 0.444 e. The van der Waals surface area contributed by atoms with Gasteiger partial charge < -0.3 is 14.5 Å². The molecule has 0 radical (unpaired) electrons. The summed E-state index contributed by atoms with van der Waals surface area (Å²) in [5.41, 5.74) is 1.85. The number of fused-ring (bicyclic) bond motifs is 1. The molecule has 4 aromatic heterocycles. The number of anilines is 1. The number of hydrogen-bond donors (Lipinski definition) is 0. The maximum absolute atomic E-state index is 13.2. The third-order valence-electron chi connectivity index (χ3n) is 6.20. The monoisotopic (exact) mass is 524 g/mol. The van der Waals surface area contributed by atoms with E-state index in [1.807, 2.05) is 37.3 Å². The molecule has 1 fully saturated rings. The number of nitrogens with zero attached hydrogens (tertiary/aromatic N) is 6. The Morgan fingerprint density at radius 3 is 2.26 bits per heavy atom. The highest BCUT2D eigenvalue weighted by Crippen LogP contribution is 2.32. The Kier molecular flexibility index (Phi) is 6.46. The van der Waals surface area contributed by atoms with Gasteiger partial charge in [-0.3, -0.25) is 9.38 Å². The van der Waals surface area contributed by atoms with Gasteiger partial charge in [0.2, 0.25) is 0 Å². The molecular weight excluding hydrogens is 497 g/mol. The first-order chi connectivity index (χ1) is 18.0. The molecule has 0 atom stereocenters. The topological polar surface area (TPSA) is 75.9 Å². The second-order valence-corrected chi connectivity index (χ2v) is 10.1. The Balaban J connectivity index is 1.33. The zero-order chi connectivity index (χ0) is 27.1. The van der Waals surface area contributed by atoms with E-state index in [0.29, 0.717) is 43.0 Å². The third kappa shape index (κ3) is 5.41. The van der Waals surface area contributed by atoms with Gasteiger partial charge in [0.15, 0.2) is 0 Å². The fourth-order valence-electron chi connectivity index (χ4n) is 4.29. The van der Waals surface area contributed by atoms with E-state index in [2.05, 4.69) is 19.9 Å². The van der Waals surface area contributed by atoms with Crippen molar-refractivity contribution in [2.75, 3.05) is 31.1 Å². The van der Waals surface area contributed by atoms with Gasteiger partial charge in [0.1, 0.15) is 17.1 Å². The first kappa shape index (κ1) is 25.5. The Hall–Kier alpha value is -4.15. The number of amides is 1. The number of piperazine rings is 1. The number of carbonyl (C=O) groups excluding carboxylic acids is 1. The van der Waals surface area contributed by atoms with Gasteiger partial charge >= 0.3 is 12.3 Å². The van der Waals surface area contributed by atoms with Crippen LogP contribution in [0.1, 0.15) is 26.3 Å². The van der Waals surface area contributed by atoms with Crippen LogP contribution in [0.15, 0.2) is 61.3 Å². The lowest BCUT2D eigenvalue weighted by atomic mass is 10.1. The van der Waals surface area contributed by atoms with Gasteiger partial charge in [0, 0.05) is 67.7 Å². The molecule has 0 aromatic carbocycles. The summed E-state index contributed by atoms with van der Waals surface area (Å²) in [6, 6.07) is 8.42. The average molecular weight is 525 g/mol. The van der Waals surface area contributed by atoms with E-state index in [1.165, 1.54) is 6.20 Å². The molecule has 38 heavy (non-hydrogen) atoms. The van der Waals surface area contributed by atoms with Crippen LogP contribution in [0.25, 0.3) is 28.0 Å². The van der Waals surface area contributed by atoms with Gasteiger partial charge in [0.05, 0.1) is 17.5 Å². The second kappa shape index (κ2) is 9.62. The summed E-state index contributed by atoms with van der Waals surface area (Å²) < 4.78 is 46.8. The normalized spacial score (nSPS) is 14.7. The first-order valence-electron chi connectivity index (χ1n) is 12.2. The predicted octanol–water partition coefficient (Wildman–Crippen LogP) is 5.53. The van der Waals surface area contributed by atoms with Crippen LogP contribution in [-0.2, 0) is 10.9 Å². The molecule has 8 nitrogen and oxygen atoms in total. The molecule has 4 aromatic rings. The van der Waals surface area contributed by atoms with E-state index in [0.717, 1.165) is 29.3 Å². The molecule has 1 saturated heterocycles. The smallest absolute Gasteiger partial charge is 0.417 e. The van der Waals surface area contributed by atoms with Gasteiger partial charge in [0.25, 0.3) is 0 Å². The Morgan fingerprint density at radius 2 is 1.61 bits per heavy atom. The number of alkyl halides is 3. The minimum absolute atomic E-state index is 0.312. The number of rotatable bonds is 3. The fraction of sp³-hybridized carbons (Fsp3) is 0.333. The van der Waals surface area contributed by atoms with E-state index in [9.17, 15) is 18.0 Å². The molecule has 0 saturated carbocycles. The van der Waals surface area contributed by atoms with Crippen molar-refractivity contribution in [1.29, 1.82) is 0 Å². The van der Waals surface area contributed by atoms with Gasteiger partial charge in [-0.2, -0.15) is 13.2 Å². The fourth-order valence-corrected chi connectivity index (χ4v) is 4.29. The number of carbonyl (C=O) groups is 1. The molecule has 0 aliphatic carbocycles. The quantitative estimate of drug-likeness (QED) is 0.351. The summed E-state index contributed by atoms with van der Waals surface area (Å²) in [4.78, 5) is 29.0. The van der Waals surface area contributed by atoms with Crippen molar-refractivity contribution in [2.45, 2.75) is 32.5 Å². The number of halogens is 3. The van der Waals surface area contributed by atoms with Crippen LogP contribution >= 0.6 is 0 Å². The highest BCUT2D eigenvalue weighted by Gasteiger charge is 2.31. The predicted molar refractivity (Wildman–Crippen MR) is 137 cm³/mol. The third-order valence-corrected chi connectivity index (χ3v) is 6.20. The molecule has 0 spiro atoms. The zero-order valence-electron chi connectivity index (χ0n) is 21.2. The molecule has 1 amide bonds. The molecule has 198 valence electrons. The molecular formula is C27H27F3N6O2. The number of pyridine rings is 3. The van der Waals surface area contributed by atoms with Crippen LogP contribution in [0, 0.1) is 0 Å². The van der Waals surface area contributed by atoms with E-state index in [-0.39, 0.29) is 6.09 Å². The van der Waals surface area contributed by atoms with E-state index >= 15 is 0 Å². The molecule has 1 aliphatic rings. The SMILES string of the molecule is CC(C)(C)OC(=O)N1CCN(c2ccc(-c3cnc4ccc(-c5cncc(C(F)(F)F)c5)cn34)cn2)CC1. The van der Waals surface area contributed by atoms with Gasteiger partial charge in [-0.1, -0.05) is 0 Å². The van der Waals surface area contributed by atoms with Gasteiger partial charge in [-0.15, -0.1) is 0 Å². The summed E-state index contributed by atoms with van der Waals surface area (Å²) in [6.07, 6.45) is 2.65. The summed E-state index contributed by atoms with van der Waals surface area (Å²) >= 11 is 0. The number of imidazole rings is 1. The maximum Gasteiger partial charge on any atom is 0.417 e. The highest BCUT2D eigenvalue weighted by molar-refractivity contribution is 5.70. The van der Waals surface area contributed by atoms with Crippen LogP contribution in [0.5, 0.6) is 0 Å². The van der Waals surface area contributed by atoms with Gasteiger partial charge in [-0.25, -0.2) is 14.8 Å². The van der Waals surface area contributed by atoms with Crippen LogP contribution in [0.2, 0.25) is 0 Å². The lowest BCUT2D eigenvalue weighted by Gasteiger charge is -2.36. The number of aromatic nitrogens is 4. The molecule has 5 heterocycles. The molecule has 5 rings (SSSR count). The van der Waals surface area contributed by atoms with E-state index in [4.69, 9.17) is 4.74 Å². The van der Waals surface area contributed by atoms with Crippen molar-refractivity contribution in [1.82, 2.24) is 24.3 Å². The summed E-state index contributed by atoms with van der Waals surface area (Å²) in [7, 11) is 0.